The molecule has 1 aliphatic carbocycles. The maximum Gasteiger partial charge on any atom is 0.282 e. The minimum Gasteiger partial charge on any atom is -0.495 e. The van der Waals surface area contributed by atoms with Gasteiger partial charge in [0.25, 0.3) is 5.91 Å². The summed E-state index contributed by atoms with van der Waals surface area (Å²) in [5.74, 6) is -1.17. The van der Waals surface area contributed by atoms with Gasteiger partial charge in [-0.1, -0.05) is 30.3 Å². The van der Waals surface area contributed by atoms with Gasteiger partial charge in [-0.2, -0.15) is 0 Å². The van der Waals surface area contributed by atoms with E-state index in [0.717, 1.165) is 22.5 Å². The first-order valence-electron chi connectivity index (χ1n) is 9.98. The number of rotatable bonds is 5. The number of carbonyl (C=O) groups is 1. The summed E-state index contributed by atoms with van der Waals surface area (Å²) in [6.45, 7) is 1.89. The molecule has 0 fully saturated rings. The summed E-state index contributed by atoms with van der Waals surface area (Å²) in [6.07, 6.45) is 4.38. The Labute approximate surface area is 180 Å². The van der Waals surface area contributed by atoms with E-state index in [1.165, 1.54) is 25.1 Å². The number of aryl methyl sites for hydroxylation is 1. The molecule has 7 heteroatoms. The van der Waals surface area contributed by atoms with Gasteiger partial charge >= 0.3 is 0 Å². The molecule has 0 aliphatic heterocycles. The second kappa shape index (κ2) is 8.35. The number of fused-ring (bicyclic) bond motifs is 1. The van der Waals surface area contributed by atoms with Crippen molar-refractivity contribution in [1.29, 1.82) is 0 Å². The van der Waals surface area contributed by atoms with E-state index in [4.69, 9.17) is 4.74 Å². The van der Waals surface area contributed by atoms with Crippen LogP contribution >= 0.6 is 0 Å². The largest absolute Gasteiger partial charge is 0.495 e. The Bertz CT molecular complexity index is 1150. The van der Waals surface area contributed by atoms with Gasteiger partial charge < -0.3 is 19.3 Å². The third-order valence-corrected chi connectivity index (χ3v) is 5.60. The number of likely N-dealkylation sites (N-methyl/N-ethyl adjacent to an activating group) is 1. The van der Waals surface area contributed by atoms with Crippen molar-refractivity contribution < 1.29 is 19.0 Å². The Morgan fingerprint density at radius 2 is 2.10 bits per heavy atom. The average molecular weight is 421 g/mol. The molecule has 1 aromatic heterocycles. The standard InChI is InChI=1S/C24H24FN3O3/c1-15-13-28(14-26-15)20-9-8-16(11-22(20)31-3)10-19(25)24(30)27(2)23-18-7-5-4-6-17(18)12-21(23)29/h4-11,13-14,21,23,29H,12H2,1-3H3/b19-10-/t21-,23+/m0/s1. The maximum absolute atomic E-state index is 14.9. The topological polar surface area (TPSA) is 67.6 Å². The highest BCUT2D eigenvalue weighted by Gasteiger charge is 2.36. The van der Waals surface area contributed by atoms with E-state index < -0.39 is 23.9 Å². The molecule has 3 aromatic rings. The molecule has 1 heterocycles. The van der Waals surface area contributed by atoms with Gasteiger partial charge in [-0.3, -0.25) is 4.79 Å². The molecular weight excluding hydrogens is 397 g/mol. The van der Waals surface area contributed by atoms with Crippen LogP contribution in [0.3, 0.4) is 0 Å². The summed E-state index contributed by atoms with van der Waals surface area (Å²) in [5.41, 5.74) is 3.93. The van der Waals surface area contributed by atoms with E-state index >= 15 is 0 Å². The van der Waals surface area contributed by atoms with Crippen molar-refractivity contribution in [1.82, 2.24) is 14.5 Å². The molecular formula is C24H24FN3O3. The molecule has 31 heavy (non-hydrogen) atoms. The number of aromatic nitrogens is 2. The molecule has 4 rings (SSSR count). The first-order chi connectivity index (χ1) is 14.9. The zero-order chi connectivity index (χ0) is 22.1. The maximum atomic E-state index is 14.9. The van der Waals surface area contributed by atoms with E-state index in [0.29, 0.717) is 17.7 Å². The van der Waals surface area contributed by atoms with Crippen molar-refractivity contribution in [2.75, 3.05) is 14.2 Å². The van der Waals surface area contributed by atoms with Gasteiger partial charge in [-0.25, -0.2) is 9.37 Å². The first-order valence-corrected chi connectivity index (χ1v) is 9.98. The SMILES string of the molecule is COc1cc(/C=C(\F)C(=O)N(C)[C@@H]2c3ccccc3C[C@@H]2O)ccc1-n1cnc(C)c1. The zero-order valence-electron chi connectivity index (χ0n) is 17.6. The number of carbonyl (C=O) groups excluding carboxylic acids is 1. The fraction of sp³-hybridized carbons (Fsp3) is 0.250. The van der Waals surface area contributed by atoms with Crippen LogP contribution in [0, 0.1) is 6.92 Å². The number of hydrogen-bond donors (Lipinski definition) is 1. The fourth-order valence-corrected chi connectivity index (χ4v) is 4.07. The Morgan fingerprint density at radius 3 is 2.81 bits per heavy atom. The third kappa shape index (κ3) is 3.96. The van der Waals surface area contributed by atoms with Gasteiger partial charge in [0, 0.05) is 19.7 Å². The summed E-state index contributed by atoms with van der Waals surface area (Å²) in [6, 6.07) is 12.1. The lowest BCUT2D eigenvalue weighted by Gasteiger charge is -2.27. The molecule has 0 unspecified atom stereocenters. The van der Waals surface area contributed by atoms with Crippen molar-refractivity contribution in [3.05, 3.63) is 83.2 Å². The van der Waals surface area contributed by atoms with Crippen LogP contribution in [0.25, 0.3) is 11.8 Å². The second-order valence-electron chi connectivity index (χ2n) is 7.68. The molecule has 2 aromatic carbocycles. The van der Waals surface area contributed by atoms with E-state index in [9.17, 15) is 14.3 Å². The van der Waals surface area contributed by atoms with E-state index in [1.807, 2.05) is 42.0 Å². The minimum atomic E-state index is -0.910. The molecule has 0 saturated heterocycles. The number of aliphatic hydroxyl groups excluding tert-OH is 1. The van der Waals surface area contributed by atoms with Crippen LogP contribution in [0.5, 0.6) is 5.75 Å². The predicted octanol–water partition coefficient (Wildman–Crippen LogP) is 3.62. The van der Waals surface area contributed by atoms with Crippen LogP contribution in [0.4, 0.5) is 4.39 Å². The van der Waals surface area contributed by atoms with Gasteiger partial charge in [0.15, 0.2) is 5.83 Å². The Kier molecular flexibility index (Phi) is 5.61. The number of benzene rings is 2. The Balaban J connectivity index is 1.58. The minimum absolute atomic E-state index is 0.441. The number of aliphatic hydroxyl groups is 1. The molecule has 0 saturated carbocycles. The Hall–Kier alpha value is -3.45. The monoisotopic (exact) mass is 421 g/mol. The molecule has 1 amide bonds. The van der Waals surface area contributed by atoms with Crippen LogP contribution in [-0.4, -0.2) is 45.7 Å². The highest BCUT2D eigenvalue weighted by atomic mass is 19.1. The van der Waals surface area contributed by atoms with Crippen LogP contribution in [0.15, 0.2) is 60.8 Å². The molecule has 160 valence electrons. The fourth-order valence-electron chi connectivity index (χ4n) is 4.07. The van der Waals surface area contributed by atoms with Crippen molar-refractivity contribution in [3.8, 4) is 11.4 Å². The number of methoxy groups -OCH3 is 1. The summed E-state index contributed by atoms with van der Waals surface area (Å²) >= 11 is 0. The first kappa shape index (κ1) is 20.8. The molecule has 2 atom stereocenters. The lowest BCUT2D eigenvalue weighted by atomic mass is 10.1. The summed E-state index contributed by atoms with van der Waals surface area (Å²) in [5, 5.41) is 10.5. The molecule has 0 bridgehead atoms. The van der Waals surface area contributed by atoms with Crippen molar-refractivity contribution >= 4 is 12.0 Å². The third-order valence-electron chi connectivity index (χ3n) is 5.60. The van der Waals surface area contributed by atoms with Crippen molar-refractivity contribution in [2.24, 2.45) is 0 Å². The molecule has 6 nitrogen and oxygen atoms in total. The number of ether oxygens (including phenoxy) is 1. The van der Waals surface area contributed by atoms with E-state index in [2.05, 4.69) is 4.98 Å². The number of halogens is 1. The highest BCUT2D eigenvalue weighted by Crippen LogP contribution is 2.36. The van der Waals surface area contributed by atoms with Gasteiger partial charge in [0.2, 0.25) is 0 Å². The molecule has 0 radical (unpaired) electrons. The highest BCUT2D eigenvalue weighted by molar-refractivity contribution is 5.96. The van der Waals surface area contributed by atoms with E-state index in [1.54, 1.807) is 24.5 Å². The van der Waals surface area contributed by atoms with Gasteiger partial charge in [-0.15, -0.1) is 0 Å². The molecule has 0 spiro atoms. The predicted molar refractivity (Wildman–Crippen MR) is 116 cm³/mol. The zero-order valence-corrected chi connectivity index (χ0v) is 17.6. The van der Waals surface area contributed by atoms with Crippen LogP contribution < -0.4 is 4.74 Å². The van der Waals surface area contributed by atoms with Crippen molar-refractivity contribution in [2.45, 2.75) is 25.5 Å². The lowest BCUT2D eigenvalue weighted by molar-refractivity contribution is -0.131. The Morgan fingerprint density at radius 1 is 1.32 bits per heavy atom. The summed E-state index contributed by atoms with van der Waals surface area (Å²) in [7, 11) is 3.04. The molecule has 1 N–H and O–H groups in total. The summed E-state index contributed by atoms with van der Waals surface area (Å²) in [4.78, 5) is 18.2. The quantitative estimate of drug-likeness (QED) is 0.639. The van der Waals surface area contributed by atoms with Gasteiger partial charge in [-0.05, 0) is 41.8 Å². The van der Waals surface area contributed by atoms with Crippen LogP contribution in [-0.2, 0) is 11.2 Å². The normalized spacial score (nSPS) is 18.0. The van der Waals surface area contributed by atoms with Crippen molar-refractivity contribution in [3.63, 3.8) is 0 Å². The summed E-state index contributed by atoms with van der Waals surface area (Å²) < 4.78 is 22.1. The lowest BCUT2D eigenvalue weighted by Crippen LogP contribution is -2.36. The molecule has 1 aliphatic rings. The van der Waals surface area contributed by atoms with Gasteiger partial charge in [0.05, 0.1) is 37.0 Å². The second-order valence-corrected chi connectivity index (χ2v) is 7.68. The van der Waals surface area contributed by atoms with Crippen LogP contribution in [0.2, 0.25) is 0 Å². The van der Waals surface area contributed by atoms with E-state index in [-0.39, 0.29) is 0 Å². The van der Waals surface area contributed by atoms with Gasteiger partial charge in [0.1, 0.15) is 5.75 Å². The smallest absolute Gasteiger partial charge is 0.282 e. The van der Waals surface area contributed by atoms with Crippen LogP contribution in [0.1, 0.15) is 28.4 Å². The number of imidazole rings is 1. The number of hydrogen-bond acceptors (Lipinski definition) is 4. The average Bonchev–Trinajstić information content (AvgIpc) is 3.34. The number of nitrogens with zero attached hydrogens (tertiary/aromatic N) is 3. The number of amides is 1.